The lowest BCUT2D eigenvalue weighted by atomic mass is 9.92. The second-order valence-corrected chi connectivity index (χ2v) is 8.20. The summed E-state index contributed by atoms with van der Waals surface area (Å²) < 4.78 is 10.5. The SMILES string of the molecule is COc1cc(NC(=O)CCC2CCCN(C(=O)c3c[nH]c4ccccc34)C2)cc(OC)c1. The van der Waals surface area contributed by atoms with Crippen LogP contribution in [0.5, 0.6) is 11.5 Å². The molecule has 1 aromatic heterocycles. The smallest absolute Gasteiger partial charge is 0.256 e. The van der Waals surface area contributed by atoms with Gasteiger partial charge in [-0.2, -0.15) is 0 Å². The van der Waals surface area contributed by atoms with Crippen LogP contribution in [0, 0.1) is 5.92 Å². The highest BCUT2D eigenvalue weighted by atomic mass is 16.5. The lowest BCUT2D eigenvalue weighted by Gasteiger charge is -2.32. The van der Waals surface area contributed by atoms with Crippen LogP contribution in [0.15, 0.2) is 48.7 Å². The van der Waals surface area contributed by atoms with Gasteiger partial charge in [-0.15, -0.1) is 0 Å². The second-order valence-electron chi connectivity index (χ2n) is 8.20. The highest BCUT2D eigenvalue weighted by molar-refractivity contribution is 6.06. The molecule has 0 saturated carbocycles. The molecule has 0 aliphatic carbocycles. The Morgan fingerprint density at radius 3 is 2.62 bits per heavy atom. The Kier molecular flexibility index (Phi) is 6.63. The standard InChI is InChI=1S/C25H29N3O4/c1-31-19-12-18(13-20(14-19)32-2)27-24(29)10-9-17-6-5-11-28(16-17)25(30)22-15-26-23-8-4-3-7-21(22)23/h3-4,7-8,12-15,17,26H,5-6,9-11,16H2,1-2H3,(H,27,29). The number of ether oxygens (including phenoxy) is 2. The van der Waals surface area contributed by atoms with Crippen molar-refractivity contribution in [1.82, 2.24) is 9.88 Å². The van der Waals surface area contributed by atoms with E-state index in [1.165, 1.54) is 0 Å². The number of hydrogen-bond donors (Lipinski definition) is 2. The molecule has 1 atom stereocenters. The van der Waals surface area contributed by atoms with E-state index in [2.05, 4.69) is 10.3 Å². The molecule has 7 heteroatoms. The summed E-state index contributed by atoms with van der Waals surface area (Å²) in [5, 5.41) is 3.88. The molecule has 3 aromatic rings. The number of nitrogens with one attached hydrogen (secondary N) is 2. The molecule has 32 heavy (non-hydrogen) atoms. The number of amides is 2. The predicted molar refractivity (Wildman–Crippen MR) is 124 cm³/mol. The van der Waals surface area contributed by atoms with Crippen molar-refractivity contribution < 1.29 is 19.1 Å². The highest BCUT2D eigenvalue weighted by Gasteiger charge is 2.26. The number of aromatic amines is 1. The lowest BCUT2D eigenvalue weighted by Crippen LogP contribution is -2.40. The van der Waals surface area contributed by atoms with Crippen LogP contribution in [0.3, 0.4) is 0 Å². The van der Waals surface area contributed by atoms with E-state index < -0.39 is 0 Å². The number of H-pyrrole nitrogens is 1. The molecule has 0 bridgehead atoms. The van der Waals surface area contributed by atoms with Gasteiger partial charge in [-0.3, -0.25) is 9.59 Å². The maximum Gasteiger partial charge on any atom is 0.256 e. The Morgan fingerprint density at radius 2 is 1.88 bits per heavy atom. The number of piperidine rings is 1. The van der Waals surface area contributed by atoms with Crippen molar-refractivity contribution in [3.8, 4) is 11.5 Å². The summed E-state index contributed by atoms with van der Waals surface area (Å²) in [4.78, 5) is 30.8. The van der Waals surface area contributed by atoms with Crippen LogP contribution in [0.1, 0.15) is 36.0 Å². The Bertz CT molecular complexity index is 1090. The van der Waals surface area contributed by atoms with E-state index in [4.69, 9.17) is 9.47 Å². The summed E-state index contributed by atoms with van der Waals surface area (Å²) in [6, 6.07) is 13.1. The van der Waals surface area contributed by atoms with Crippen molar-refractivity contribution in [1.29, 1.82) is 0 Å². The zero-order valence-electron chi connectivity index (χ0n) is 18.5. The van der Waals surface area contributed by atoms with Crippen LogP contribution in [0.2, 0.25) is 0 Å². The van der Waals surface area contributed by atoms with Crippen molar-refractivity contribution in [2.24, 2.45) is 5.92 Å². The van der Waals surface area contributed by atoms with Gasteiger partial charge in [0.25, 0.3) is 5.91 Å². The number of likely N-dealkylation sites (tertiary alicyclic amines) is 1. The molecule has 168 valence electrons. The normalized spacial score (nSPS) is 16.1. The number of para-hydroxylation sites is 1. The first-order valence-corrected chi connectivity index (χ1v) is 11.0. The average molecular weight is 436 g/mol. The fourth-order valence-electron chi connectivity index (χ4n) is 4.34. The van der Waals surface area contributed by atoms with Gasteiger partial charge in [-0.1, -0.05) is 18.2 Å². The number of rotatable bonds is 7. The molecule has 1 aliphatic rings. The zero-order chi connectivity index (χ0) is 22.5. The third-order valence-corrected chi connectivity index (χ3v) is 6.04. The minimum atomic E-state index is -0.0552. The molecular formula is C25H29N3O4. The van der Waals surface area contributed by atoms with Crippen LogP contribution in [-0.4, -0.2) is 49.0 Å². The number of fused-ring (bicyclic) bond motifs is 1. The topological polar surface area (TPSA) is 83.7 Å². The summed E-state index contributed by atoms with van der Waals surface area (Å²) in [6.45, 7) is 1.43. The van der Waals surface area contributed by atoms with E-state index in [9.17, 15) is 9.59 Å². The summed E-state index contributed by atoms with van der Waals surface area (Å²) in [5.74, 6) is 1.56. The van der Waals surface area contributed by atoms with Gasteiger partial charge in [0.1, 0.15) is 11.5 Å². The quantitative estimate of drug-likeness (QED) is 0.574. The molecule has 2 heterocycles. The summed E-state index contributed by atoms with van der Waals surface area (Å²) in [7, 11) is 3.15. The molecule has 2 aromatic carbocycles. The van der Waals surface area contributed by atoms with Gasteiger partial charge in [-0.05, 0) is 31.2 Å². The van der Waals surface area contributed by atoms with Crippen LogP contribution < -0.4 is 14.8 Å². The van der Waals surface area contributed by atoms with E-state index >= 15 is 0 Å². The van der Waals surface area contributed by atoms with Crippen molar-refractivity contribution in [2.45, 2.75) is 25.7 Å². The Balaban J connectivity index is 1.33. The number of benzene rings is 2. The molecule has 4 rings (SSSR count). The van der Waals surface area contributed by atoms with Gasteiger partial charge in [0.15, 0.2) is 0 Å². The number of anilines is 1. The van der Waals surface area contributed by atoms with Crippen LogP contribution in [-0.2, 0) is 4.79 Å². The number of carbonyl (C=O) groups excluding carboxylic acids is 2. The minimum absolute atomic E-state index is 0.0552. The summed E-state index contributed by atoms with van der Waals surface area (Å²) in [6.07, 6.45) is 4.92. The van der Waals surface area contributed by atoms with Gasteiger partial charge in [0.05, 0.1) is 19.8 Å². The van der Waals surface area contributed by atoms with E-state index in [0.29, 0.717) is 41.6 Å². The molecule has 2 amide bonds. The third kappa shape index (κ3) is 4.88. The Labute approximate surface area is 187 Å². The van der Waals surface area contributed by atoms with Crippen LogP contribution in [0.25, 0.3) is 10.9 Å². The fraction of sp³-hybridized carbons (Fsp3) is 0.360. The first-order valence-electron chi connectivity index (χ1n) is 11.0. The zero-order valence-corrected chi connectivity index (χ0v) is 18.5. The minimum Gasteiger partial charge on any atom is -0.497 e. The van der Waals surface area contributed by atoms with Crippen molar-refractivity contribution in [2.75, 3.05) is 32.6 Å². The van der Waals surface area contributed by atoms with Crippen LogP contribution >= 0.6 is 0 Å². The molecule has 1 saturated heterocycles. The molecule has 0 radical (unpaired) electrons. The molecule has 1 unspecified atom stereocenters. The van der Waals surface area contributed by atoms with Gasteiger partial charge >= 0.3 is 0 Å². The van der Waals surface area contributed by atoms with Crippen LogP contribution in [0.4, 0.5) is 5.69 Å². The monoisotopic (exact) mass is 435 g/mol. The van der Waals surface area contributed by atoms with E-state index in [1.54, 1.807) is 38.6 Å². The number of carbonyl (C=O) groups is 2. The van der Waals surface area contributed by atoms with E-state index in [1.807, 2.05) is 29.2 Å². The molecule has 7 nitrogen and oxygen atoms in total. The number of hydrogen-bond acceptors (Lipinski definition) is 4. The Morgan fingerprint density at radius 1 is 1.12 bits per heavy atom. The van der Waals surface area contributed by atoms with Crippen molar-refractivity contribution >= 4 is 28.4 Å². The number of aromatic nitrogens is 1. The largest absolute Gasteiger partial charge is 0.497 e. The third-order valence-electron chi connectivity index (χ3n) is 6.04. The molecule has 2 N–H and O–H groups in total. The van der Waals surface area contributed by atoms with Gasteiger partial charge in [-0.25, -0.2) is 0 Å². The van der Waals surface area contributed by atoms with Crippen molar-refractivity contribution in [3.05, 3.63) is 54.2 Å². The molecule has 0 spiro atoms. The van der Waals surface area contributed by atoms with E-state index in [-0.39, 0.29) is 11.8 Å². The summed E-state index contributed by atoms with van der Waals surface area (Å²) in [5.41, 5.74) is 2.33. The first-order chi connectivity index (χ1) is 15.6. The summed E-state index contributed by atoms with van der Waals surface area (Å²) >= 11 is 0. The number of nitrogens with zero attached hydrogens (tertiary/aromatic N) is 1. The molecular weight excluding hydrogens is 406 g/mol. The Hall–Kier alpha value is -3.48. The maximum absolute atomic E-state index is 13.1. The van der Waals surface area contributed by atoms with Gasteiger partial charge < -0.3 is 24.7 Å². The molecule has 1 fully saturated rings. The van der Waals surface area contributed by atoms with E-state index in [0.717, 1.165) is 36.7 Å². The number of methoxy groups -OCH3 is 2. The second kappa shape index (κ2) is 9.77. The fourth-order valence-corrected chi connectivity index (χ4v) is 4.34. The van der Waals surface area contributed by atoms with Gasteiger partial charge in [0.2, 0.25) is 5.91 Å². The molecule has 1 aliphatic heterocycles. The lowest BCUT2D eigenvalue weighted by molar-refractivity contribution is -0.116. The van der Waals surface area contributed by atoms with Gasteiger partial charge in [0, 0.05) is 60.5 Å². The first kappa shape index (κ1) is 21.7. The highest BCUT2D eigenvalue weighted by Crippen LogP contribution is 2.27. The predicted octanol–water partition coefficient (Wildman–Crippen LogP) is 4.46. The average Bonchev–Trinajstić information content (AvgIpc) is 3.26. The maximum atomic E-state index is 13.1. The van der Waals surface area contributed by atoms with Crippen molar-refractivity contribution in [3.63, 3.8) is 0 Å².